The third-order valence-electron chi connectivity index (χ3n) is 1.54. The number of benzene rings is 1. The predicted octanol–water partition coefficient (Wildman–Crippen LogP) is 2.31. The molecule has 58 valence electrons. The second-order valence-electron chi connectivity index (χ2n) is 2.26. The number of thiazole rings is 1. The molecule has 1 aromatic carbocycles. The van der Waals surface area contributed by atoms with Crippen molar-refractivity contribution < 1.29 is 4.39 Å². The van der Waals surface area contributed by atoms with Crippen LogP contribution in [0.5, 0.6) is 0 Å². The molecule has 0 fully saturated rings. The van der Waals surface area contributed by atoms with Gasteiger partial charge in [0.25, 0.3) is 0 Å². The Hall–Kier alpha value is -1.47. The number of aromatic nitrogens is 1. The highest BCUT2D eigenvalue weighted by Gasteiger charge is 2.04. The molecule has 0 bridgehead atoms. The van der Waals surface area contributed by atoms with E-state index in [1.807, 2.05) is 0 Å². The SMILES string of the molecule is N#Cc1cc2ncsc2cc1F. The molecule has 0 aliphatic carbocycles. The molecule has 0 unspecified atom stereocenters. The van der Waals surface area contributed by atoms with Gasteiger partial charge in [-0.1, -0.05) is 0 Å². The molecule has 0 saturated heterocycles. The van der Waals surface area contributed by atoms with Crippen molar-refractivity contribution in [2.24, 2.45) is 0 Å². The highest BCUT2D eigenvalue weighted by molar-refractivity contribution is 7.16. The zero-order valence-electron chi connectivity index (χ0n) is 5.91. The summed E-state index contributed by atoms with van der Waals surface area (Å²) in [5, 5.41) is 8.50. The van der Waals surface area contributed by atoms with Gasteiger partial charge < -0.3 is 0 Å². The summed E-state index contributed by atoms with van der Waals surface area (Å²) in [6, 6.07) is 4.57. The summed E-state index contributed by atoms with van der Waals surface area (Å²) in [6.07, 6.45) is 0. The predicted molar refractivity (Wildman–Crippen MR) is 44.3 cm³/mol. The van der Waals surface area contributed by atoms with E-state index in [0.717, 1.165) is 4.70 Å². The van der Waals surface area contributed by atoms with Gasteiger partial charge in [-0.2, -0.15) is 5.26 Å². The summed E-state index contributed by atoms with van der Waals surface area (Å²) >= 11 is 1.36. The van der Waals surface area contributed by atoms with Crippen LogP contribution >= 0.6 is 11.3 Å². The van der Waals surface area contributed by atoms with Crippen LogP contribution in [-0.2, 0) is 0 Å². The highest BCUT2D eigenvalue weighted by Crippen LogP contribution is 2.20. The molecule has 0 aliphatic rings. The largest absolute Gasteiger partial charge is 0.245 e. The Kier molecular flexibility index (Phi) is 1.52. The zero-order valence-corrected chi connectivity index (χ0v) is 6.73. The van der Waals surface area contributed by atoms with Crippen LogP contribution in [-0.4, -0.2) is 4.98 Å². The van der Waals surface area contributed by atoms with E-state index in [2.05, 4.69) is 4.98 Å². The van der Waals surface area contributed by atoms with Gasteiger partial charge in [-0.05, 0) is 12.1 Å². The van der Waals surface area contributed by atoms with Gasteiger partial charge in [-0.3, -0.25) is 0 Å². The van der Waals surface area contributed by atoms with Gasteiger partial charge in [-0.25, -0.2) is 9.37 Å². The molecule has 2 rings (SSSR count). The van der Waals surface area contributed by atoms with Crippen molar-refractivity contribution in [3.8, 4) is 6.07 Å². The number of rotatable bonds is 0. The quantitative estimate of drug-likeness (QED) is 0.620. The summed E-state index contributed by atoms with van der Waals surface area (Å²) in [4.78, 5) is 3.97. The van der Waals surface area contributed by atoms with E-state index in [0.29, 0.717) is 5.52 Å². The number of fused-ring (bicyclic) bond motifs is 1. The van der Waals surface area contributed by atoms with E-state index >= 15 is 0 Å². The van der Waals surface area contributed by atoms with E-state index in [-0.39, 0.29) is 5.56 Å². The Morgan fingerprint density at radius 1 is 1.50 bits per heavy atom. The third-order valence-corrected chi connectivity index (χ3v) is 2.33. The molecule has 1 aromatic heterocycles. The lowest BCUT2D eigenvalue weighted by Crippen LogP contribution is -1.81. The van der Waals surface area contributed by atoms with Gasteiger partial charge in [0.15, 0.2) is 0 Å². The van der Waals surface area contributed by atoms with E-state index in [4.69, 9.17) is 5.26 Å². The molecule has 2 aromatic rings. The fourth-order valence-electron chi connectivity index (χ4n) is 0.964. The molecule has 0 radical (unpaired) electrons. The molecule has 0 spiro atoms. The van der Waals surface area contributed by atoms with Crippen LogP contribution in [0.4, 0.5) is 4.39 Å². The summed E-state index contributed by atoms with van der Waals surface area (Å²) < 4.78 is 13.7. The molecule has 0 amide bonds. The minimum absolute atomic E-state index is 0.0494. The second-order valence-corrected chi connectivity index (χ2v) is 3.15. The van der Waals surface area contributed by atoms with Crippen LogP contribution < -0.4 is 0 Å². The monoisotopic (exact) mass is 178 g/mol. The number of nitrogens with zero attached hydrogens (tertiary/aromatic N) is 2. The van der Waals surface area contributed by atoms with Crippen LogP contribution in [0.25, 0.3) is 10.2 Å². The molecule has 0 N–H and O–H groups in total. The maximum absolute atomic E-state index is 13.0. The summed E-state index contributed by atoms with van der Waals surface area (Å²) in [5.41, 5.74) is 2.36. The fraction of sp³-hybridized carbons (Fsp3) is 0. The molecule has 12 heavy (non-hydrogen) atoms. The Labute approximate surface area is 71.9 Å². The van der Waals surface area contributed by atoms with Crippen LogP contribution in [0.1, 0.15) is 5.56 Å². The normalized spacial score (nSPS) is 10.0. The first-order chi connectivity index (χ1) is 5.81. The van der Waals surface area contributed by atoms with E-state index in [1.165, 1.54) is 23.5 Å². The number of hydrogen-bond acceptors (Lipinski definition) is 3. The first kappa shape index (κ1) is 7.19. The van der Waals surface area contributed by atoms with Crippen LogP contribution in [0.3, 0.4) is 0 Å². The zero-order chi connectivity index (χ0) is 8.55. The Balaban J connectivity index is 2.84. The molecule has 4 heteroatoms. The first-order valence-electron chi connectivity index (χ1n) is 3.24. The highest BCUT2D eigenvalue weighted by atomic mass is 32.1. The van der Waals surface area contributed by atoms with Crippen molar-refractivity contribution in [1.29, 1.82) is 5.26 Å². The van der Waals surface area contributed by atoms with Gasteiger partial charge in [0.2, 0.25) is 0 Å². The van der Waals surface area contributed by atoms with Crippen molar-refractivity contribution in [2.45, 2.75) is 0 Å². The van der Waals surface area contributed by atoms with Crippen molar-refractivity contribution in [1.82, 2.24) is 4.98 Å². The van der Waals surface area contributed by atoms with Gasteiger partial charge >= 0.3 is 0 Å². The fourth-order valence-corrected chi connectivity index (χ4v) is 1.65. The number of nitriles is 1. The lowest BCUT2D eigenvalue weighted by Gasteiger charge is -1.91. The number of hydrogen-bond donors (Lipinski definition) is 0. The van der Waals surface area contributed by atoms with Crippen molar-refractivity contribution in [3.63, 3.8) is 0 Å². The lowest BCUT2D eigenvalue weighted by atomic mass is 10.2. The van der Waals surface area contributed by atoms with Gasteiger partial charge in [-0.15, -0.1) is 11.3 Å². The smallest absolute Gasteiger partial charge is 0.142 e. The molecular formula is C8H3FN2S. The van der Waals surface area contributed by atoms with Crippen molar-refractivity contribution in [3.05, 3.63) is 29.0 Å². The van der Waals surface area contributed by atoms with Crippen LogP contribution in [0, 0.1) is 17.1 Å². The number of halogens is 1. The molecule has 1 heterocycles. The van der Waals surface area contributed by atoms with E-state index in [9.17, 15) is 4.39 Å². The molecule has 0 saturated carbocycles. The summed E-state index contributed by atoms with van der Waals surface area (Å²) in [7, 11) is 0. The molecule has 0 aliphatic heterocycles. The first-order valence-corrected chi connectivity index (χ1v) is 4.12. The standard InChI is InChI=1S/C8H3FN2S/c9-6-2-8-7(11-4-12-8)1-5(6)3-10/h1-2,4H. The molecule has 0 atom stereocenters. The maximum Gasteiger partial charge on any atom is 0.142 e. The van der Waals surface area contributed by atoms with Crippen molar-refractivity contribution >= 4 is 21.6 Å². The maximum atomic E-state index is 13.0. The Bertz CT molecular complexity index is 469. The summed E-state index contributed by atoms with van der Waals surface area (Å²) in [6.45, 7) is 0. The topological polar surface area (TPSA) is 36.7 Å². The lowest BCUT2D eigenvalue weighted by molar-refractivity contribution is 0.626. The molecular weight excluding hydrogens is 175 g/mol. The van der Waals surface area contributed by atoms with E-state index in [1.54, 1.807) is 11.6 Å². The van der Waals surface area contributed by atoms with Gasteiger partial charge in [0.05, 0.1) is 21.3 Å². The average Bonchev–Trinajstić information content (AvgIpc) is 2.49. The molecule has 2 nitrogen and oxygen atoms in total. The van der Waals surface area contributed by atoms with Crippen molar-refractivity contribution in [2.75, 3.05) is 0 Å². The van der Waals surface area contributed by atoms with Gasteiger partial charge in [0.1, 0.15) is 11.9 Å². The second kappa shape index (κ2) is 2.54. The minimum Gasteiger partial charge on any atom is -0.245 e. The minimum atomic E-state index is -0.478. The summed E-state index contributed by atoms with van der Waals surface area (Å²) in [5.74, 6) is -0.478. The Morgan fingerprint density at radius 2 is 2.33 bits per heavy atom. The van der Waals surface area contributed by atoms with E-state index < -0.39 is 5.82 Å². The van der Waals surface area contributed by atoms with Gasteiger partial charge in [0, 0.05) is 0 Å². The Morgan fingerprint density at radius 3 is 3.08 bits per heavy atom. The van der Waals surface area contributed by atoms with Crippen LogP contribution in [0.2, 0.25) is 0 Å². The third kappa shape index (κ3) is 0.953. The average molecular weight is 178 g/mol. The van der Waals surface area contributed by atoms with Crippen LogP contribution in [0.15, 0.2) is 17.6 Å².